The van der Waals surface area contributed by atoms with Crippen molar-refractivity contribution >= 4 is 11.9 Å². The number of hydrogen-bond acceptors (Lipinski definition) is 3. The van der Waals surface area contributed by atoms with Crippen LogP contribution in [0, 0.1) is 0 Å². The first-order valence-electron chi connectivity index (χ1n) is 6.77. The minimum atomic E-state index is -1.31. The number of hydrogen-bond donors (Lipinski definition) is 2. The van der Waals surface area contributed by atoms with Gasteiger partial charge in [-0.3, -0.25) is 0 Å². The third-order valence-corrected chi connectivity index (χ3v) is 3.23. The summed E-state index contributed by atoms with van der Waals surface area (Å²) in [6, 6.07) is 11.3. The van der Waals surface area contributed by atoms with Crippen LogP contribution in [-0.2, 0) is 0 Å². The van der Waals surface area contributed by atoms with Crippen molar-refractivity contribution in [1.82, 2.24) is 0 Å². The highest BCUT2D eigenvalue weighted by atomic mass is 16.5. The van der Waals surface area contributed by atoms with E-state index in [1.54, 1.807) is 12.1 Å². The van der Waals surface area contributed by atoms with E-state index in [9.17, 15) is 9.59 Å². The van der Waals surface area contributed by atoms with Crippen LogP contribution in [0.15, 0.2) is 42.5 Å². The van der Waals surface area contributed by atoms with Gasteiger partial charge >= 0.3 is 11.9 Å². The van der Waals surface area contributed by atoms with Gasteiger partial charge in [0.25, 0.3) is 0 Å². The van der Waals surface area contributed by atoms with Crippen LogP contribution in [-0.4, -0.2) is 22.2 Å². The lowest BCUT2D eigenvalue weighted by atomic mass is 10.0. The number of carboxylic acid groups (broad SMARTS) is 2. The summed E-state index contributed by atoms with van der Waals surface area (Å²) in [6.45, 7) is 4.17. The summed E-state index contributed by atoms with van der Waals surface area (Å²) in [6.07, 6.45) is 0. The van der Waals surface area contributed by atoms with Crippen molar-refractivity contribution in [2.75, 3.05) is 0 Å². The fourth-order valence-corrected chi connectivity index (χ4v) is 2.01. The van der Waals surface area contributed by atoms with Crippen LogP contribution in [0.2, 0.25) is 0 Å². The predicted molar refractivity (Wildman–Crippen MR) is 81.0 cm³/mol. The largest absolute Gasteiger partial charge is 0.478 e. The van der Waals surface area contributed by atoms with E-state index >= 15 is 0 Å². The van der Waals surface area contributed by atoms with Crippen molar-refractivity contribution in [1.29, 1.82) is 0 Å². The third kappa shape index (κ3) is 3.44. The van der Waals surface area contributed by atoms with Gasteiger partial charge in [-0.2, -0.15) is 0 Å². The molecule has 0 heterocycles. The molecule has 0 spiro atoms. The molecule has 22 heavy (non-hydrogen) atoms. The van der Waals surface area contributed by atoms with Crippen molar-refractivity contribution in [3.63, 3.8) is 0 Å². The summed E-state index contributed by atoms with van der Waals surface area (Å²) in [5.74, 6) is -1.35. The first kappa shape index (κ1) is 15.6. The molecular formula is C17H16O5. The summed E-state index contributed by atoms with van der Waals surface area (Å²) < 4.78 is 5.58. The Bertz CT molecular complexity index is 701. The summed E-state index contributed by atoms with van der Waals surface area (Å²) in [7, 11) is 0. The van der Waals surface area contributed by atoms with Crippen LogP contribution in [0.3, 0.4) is 0 Å². The highest BCUT2D eigenvalue weighted by molar-refractivity contribution is 6.02. The van der Waals surface area contributed by atoms with Gasteiger partial charge in [-0.05, 0) is 41.8 Å². The van der Waals surface area contributed by atoms with Crippen LogP contribution in [0.1, 0.15) is 46.0 Å². The van der Waals surface area contributed by atoms with Crippen molar-refractivity contribution in [3.05, 3.63) is 59.2 Å². The van der Waals surface area contributed by atoms with E-state index in [0.29, 0.717) is 11.7 Å². The van der Waals surface area contributed by atoms with Gasteiger partial charge in [-0.25, -0.2) is 9.59 Å². The highest BCUT2D eigenvalue weighted by Crippen LogP contribution is 2.26. The zero-order chi connectivity index (χ0) is 16.3. The fourth-order valence-electron chi connectivity index (χ4n) is 2.01. The average molecular weight is 300 g/mol. The molecule has 0 aromatic heterocycles. The lowest BCUT2D eigenvalue weighted by Crippen LogP contribution is -2.07. The molecule has 0 aliphatic rings. The summed E-state index contributed by atoms with van der Waals surface area (Å²) in [4.78, 5) is 22.1. The topological polar surface area (TPSA) is 83.8 Å². The maximum atomic E-state index is 11.1. The van der Waals surface area contributed by atoms with Crippen LogP contribution in [0.25, 0.3) is 0 Å². The molecule has 0 bridgehead atoms. The molecule has 2 aromatic carbocycles. The maximum absolute atomic E-state index is 11.1. The predicted octanol–water partition coefficient (Wildman–Crippen LogP) is 4.00. The summed E-state index contributed by atoms with van der Waals surface area (Å²) in [5, 5.41) is 18.1. The highest BCUT2D eigenvalue weighted by Gasteiger charge is 2.17. The number of benzene rings is 2. The number of aromatic carboxylic acids is 2. The molecule has 114 valence electrons. The van der Waals surface area contributed by atoms with Gasteiger partial charge in [-0.1, -0.05) is 26.0 Å². The molecule has 0 aliphatic heterocycles. The Hall–Kier alpha value is -2.82. The molecule has 0 saturated carbocycles. The van der Waals surface area contributed by atoms with Crippen LogP contribution < -0.4 is 4.74 Å². The van der Waals surface area contributed by atoms with Gasteiger partial charge in [0.1, 0.15) is 11.5 Å². The van der Waals surface area contributed by atoms with E-state index in [1.807, 2.05) is 12.1 Å². The molecule has 2 N–H and O–H groups in total. The summed E-state index contributed by atoms with van der Waals surface area (Å²) >= 11 is 0. The van der Waals surface area contributed by atoms with Gasteiger partial charge in [-0.15, -0.1) is 0 Å². The number of carbonyl (C=O) groups is 2. The molecule has 0 saturated heterocycles. The second-order valence-corrected chi connectivity index (χ2v) is 5.14. The van der Waals surface area contributed by atoms with E-state index in [0.717, 1.165) is 0 Å². The Balaban J connectivity index is 2.28. The van der Waals surface area contributed by atoms with E-state index in [1.165, 1.54) is 23.8 Å². The van der Waals surface area contributed by atoms with Gasteiger partial charge in [0.15, 0.2) is 0 Å². The van der Waals surface area contributed by atoms with Crippen molar-refractivity contribution < 1.29 is 24.5 Å². The molecule has 0 amide bonds. The van der Waals surface area contributed by atoms with Gasteiger partial charge in [0.05, 0.1) is 11.1 Å². The third-order valence-electron chi connectivity index (χ3n) is 3.23. The Kier molecular flexibility index (Phi) is 4.46. The maximum Gasteiger partial charge on any atom is 0.336 e. The zero-order valence-electron chi connectivity index (χ0n) is 12.2. The minimum absolute atomic E-state index is 0.269. The Morgan fingerprint density at radius 1 is 0.864 bits per heavy atom. The second-order valence-electron chi connectivity index (χ2n) is 5.14. The van der Waals surface area contributed by atoms with Gasteiger partial charge < -0.3 is 14.9 Å². The Morgan fingerprint density at radius 3 is 1.91 bits per heavy atom. The van der Waals surface area contributed by atoms with Crippen LogP contribution in [0.5, 0.6) is 11.5 Å². The zero-order valence-corrected chi connectivity index (χ0v) is 12.2. The van der Waals surface area contributed by atoms with Crippen LogP contribution >= 0.6 is 0 Å². The molecular weight excluding hydrogens is 284 g/mol. The molecule has 0 fully saturated rings. The molecule has 0 aliphatic carbocycles. The lowest BCUT2D eigenvalue weighted by molar-refractivity contribution is 0.0651. The number of rotatable bonds is 5. The molecule has 5 heteroatoms. The van der Waals surface area contributed by atoms with Gasteiger partial charge in [0, 0.05) is 0 Å². The number of carboxylic acids is 2. The normalized spacial score (nSPS) is 10.5. The number of ether oxygens (including phenoxy) is 1. The second kappa shape index (κ2) is 6.30. The Morgan fingerprint density at radius 2 is 1.41 bits per heavy atom. The van der Waals surface area contributed by atoms with E-state index < -0.39 is 11.9 Å². The quantitative estimate of drug-likeness (QED) is 0.872. The lowest BCUT2D eigenvalue weighted by Gasteiger charge is -2.10. The molecule has 2 aromatic rings. The molecule has 5 nitrogen and oxygen atoms in total. The van der Waals surface area contributed by atoms with Crippen molar-refractivity contribution in [2.45, 2.75) is 19.8 Å². The summed E-state index contributed by atoms with van der Waals surface area (Å²) in [5.41, 5.74) is 0.596. The van der Waals surface area contributed by atoms with Crippen molar-refractivity contribution in [3.8, 4) is 11.5 Å². The Labute approximate surface area is 127 Å². The monoisotopic (exact) mass is 300 g/mol. The first-order chi connectivity index (χ1) is 10.4. The van der Waals surface area contributed by atoms with Crippen LogP contribution in [0.4, 0.5) is 0 Å². The minimum Gasteiger partial charge on any atom is -0.478 e. The molecule has 0 unspecified atom stereocenters. The van der Waals surface area contributed by atoms with Gasteiger partial charge in [0.2, 0.25) is 0 Å². The molecule has 2 rings (SSSR count). The van der Waals surface area contributed by atoms with Crippen molar-refractivity contribution in [2.24, 2.45) is 0 Å². The smallest absolute Gasteiger partial charge is 0.336 e. The fraction of sp³-hybridized carbons (Fsp3) is 0.176. The van der Waals surface area contributed by atoms with E-state index in [2.05, 4.69) is 13.8 Å². The molecule has 0 atom stereocenters. The SMILES string of the molecule is CC(C)c1ccc(Oc2ccc(C(=O)O)c(C(=O)O)c2)cc1. The van der Waals surface area contributed by atoms with E-state index in [4.69, 9.17) is 14.9 Å². The molecule has 0 radical (unpaired) electrons. The average Bonchev–Trinajstić information content (AvgIpc) is 2.47. The van der Waals surface area contributed by atoms with E-state index in [-0.39, 0.29) is 16.9 Å². The first-order valence-corrected chi connectivity index (χ1v) is 6.77. The standard InChI is InChI=1S/C17H16O5/c1-10(2)11-3-5-12(6-4-11)22-13-7-8-14(16(18)19)15(9-13)17(20)21/h3-10H,1-2H3,(H,18,19)(H,20,21).